The molecule has 0 saturated heterocycles. The van der Waals surface area contributed by atoms with E-state index in [-0.39, 0.29) is 12.2 Å². The zero-order valence-corrected chi connectivity index (χ0v) is 21.0. The molecule has 186 valence electrons. The molecule has 0 radical (unpaired) electrons. The van der Waals surface area contributed by atoms with Crippen LogP contribution in [-0.4, -0.2) is 73.6 Å². The van der Waals surface area contributed by atoms with E-state index in [4.69, 9.17) is 0 Å². The van der Waals surface area contributed by atoms with Gasteiger partial charge in [0.25, 0.3) is 0 Å². The summed E-state index contributed by atoms with van der Waals surface area (Å²) in [5.74, 6) is 0. The van der Waals surface area contributed by atoms with Crippen molar-refractivity contribution in [3.8, 4) is 0 Å². The number of aliphatic hydroxyl groups is 2. The van der Waals surface area contributed by atoms with Crippen molar-refractivity contribution in [1.29, 1.82) is 0 Å². The average molecular weight is 450 g/mol. The zero-order valence-electron chi connectivity index (χ0n) is 21.0. The van der Waals surface area contributed by atoms with Gasteiger partial charge in [-0.2, -0.15) is 0 Å². The fraction of sp³-hybridized carbons (Fsp3) is 0.704. The van der Waals surface area contributed by atoms with Gasteiger partial charge in [-0.25, -0.2) is 0 Å². The smallest absolute Gasteiger partial charge is 0.0664 e. The number of nitrogens with one attached hydrogen (secondary N) is 2. The molecule has 4 N–H and O–H groups in total. The fourth-order valence-corrected chi connectivity index (χ4v) is 3.19. The monoisotopic (exact) mass is 449 g/mol. The molecule has 0 aromatic carbocycles. The average Bonchev–Trinajstić information content (AvgIpc) is 2.78. The molecule has 0 aromatic heterocycles. The molecule has 2 unspecified atom stereocenters. The van der Waals surface area contributed by atoms with Crippen LogP contribution in [-0.2, 0) is 0 Å². The molecule has 0 aliphatic carbocycles. The molecule has 32 heavy (non-hydrogen) atoms. The third-order valence-electron chi connectivity index (χ3n) is 5.27. The lowest BCUT2D eigenvalue weighted by Crippen LogP contribution is -2.38. The number of allylic oxidation sites excluding steroid dienone is 8. The van der Waals surface area contributed by atoms with E-state index in [0.717, 1.165) is 77.5 Å². The summed E-state index contributed by atoms with van der Waals surface area (Å²) >= 11 is 0. The van der Waals surface area contributed by atoms with Crippen molar-refractivity contribution >= 4 is 0 Å². The summed E-state index contributed by atoms with van der Waals surface area (Å²) in [5.41, 5.74) is 0. The van der Waals surface area contributed by atoms with Gasteiger partial charge in [0.05, 0.1) is 12.2 Å². The minimum absolute atomic E-state index is 0.268. The molecule has 0 aromatic rings. The Morgan fingerprint density at radius 3 is 1.53 bits per heavy atom. The van der Waals surface area contributed by atoms with Crippen molar-refractivity contribution in [3.05, 3.63) is 48.6 Å². The zero-order chi connectivity index (χ0) is 23.7. The van der Waals surface area contributed by atoms with Crippen molar-refractivity contribution in [1.82, 2.24) is 15.5 Å². The SMILES string of the molecule is C/C=C\C/C=C\CCCC(O)CNCCN(C)CCNCC(O)CCC/C=C\C/C=C\C. The number of nitrogens with zero attached hydrogens (tertiary/aromatic N) is 1. The predicted molar refractivity (Wildman–Crippen MR) is 140 cm³/mol. The highest BCUT2D eigenvalue weighted by atomic mass is 16.3. The summed E-state index contributed by atoms with van der Waals surface area (Å²) in [6.45, 7) is 9.04. The topological polar surface area (TPSA) is 67.8 Å². The first-order chi connectivity index (χ1) is 15.6. The van der Waals surface area contributed by atoms with E-state index < -0.39 is 0 Å². The Labute approximate surface area is 198 Å². The van der Waals surface area contributed by atoms with Gasteiger partial charge in [-0.1, -0.05) is 48.6 Å². The van der Waals surface area contributed by atoms with Crippen molar-refractivity contribution in [2.45, 2.75) is 77.4 Å². The number of hydrogen-bond donors (Lipinski definition) is 4. The Balaban J connectivity index is 3.50. The van der Waals surface area contributed by atoms with E-state index in [9.17, 15) is 10.2 Å². The number of likely N-dealkylation sites (N-methyl/N-ethyl adjacent to an activating group) is 1. The summed E-state index contributed by atoms with van der Waals surface area (Å²) in [6, 6.07) is 0. The number of hydrogen-bond acceptors (Lipinski definition) is 5. The molecule has 0 aliphatic rings. The van der Waals surface area contributed by atoms with E-state index >= 15 is 0 Å². The number of unbranched alkanes of at least 4 members (excludes halogenated alkanes) is 2. The van der Waals surface area contributed by atoms with E-state index in [2.05, 4.69) is 71.2 Å². The van der Waals surface area contributed by atoms with Crippen LogP contribution in [0.5, 0.6) is 0 Å². The Morgan fingerprint density at radius 2 is 1.12 bits per heavy atom. The van der Waals surface area contributed by atoms with Crippen molar-refractivity contribution in [2.24, 2.45) is 0 Å². The normalized spacial score (nSPS) is 14.7. The Bertz CT molecular complexity index is 459. The van der Waals surface area contributed by atoms with Gasteiger partial charge >= 0.3 is 0 Å². The minimum Gasteiger partial charge on any atom is -0.392 e. The molecule has 0 heterocycles. The van der Waals surface area contributed by atoms with E-state index in [1.165, 1.54) is 0 Å². The molecule has 0 amide bonds. The molecular formula is C27H51N3O2. The summed E-state index contributed by atoms with van der Waals surface area (Å²) in [7, 11) is 2.11. The van der Waals surface area contributed by atoms with Gasteiger partial charge in [0.15, 0.2) is 0 Å². The quantitative estimate of drug-likeness (QED) is 0.147. The molecule has 5 heteroatoms. The lowest BCUT2D eigenvalue weighted by Gasteiger charge is -2.19. The second kappa shape index (κ2) is 24.4. The Hall–Kier alpha value is -1.24. The summed E-state index contributed by atoms with van der Waals surface area (Å²) < 4.78 is 0. The molecule has 2 atom stereocenters. The molecule has 0 saturated carbocycles. The molecule has 0 rings (SSSR count). The summed E-state index contributed by atoms with van der Waals surface area (Å²) in [6.07, 6.45) is 24.4. The predicted octanol–water partition coefficient (Wildman–Crippen LogP) is 4.20. The van der Waals surface area contributed by atoms with Gasteiger partial charge < -0.3 is 25.7 Å². The Kier molecular flexibility index (Phi) is 23.5. The van der Waals surface area contributed by atoms with E-state index in [1.807, 2.05) is 13.8 Å². The second-order valence-corrected chi connectivity index (χ2v) is 8.43. The van der Waals surface area contributed by atoms with E-state index in [1.54, 1.807) is 0 Å². The maximum atomic E-state index is 10.1. The Morgan fingerprint density at radius 1 is 0.688 bits per heavy atom. The summed E-state index contributed by atoms with van der Waals surface area (Å²) in [5, 5.41) is 26.8. The van der Waals surface area contributed by atoms with Gasteiger partial charge in [-0.15, -0.1) is 0 Å². The van der Waals surface area contributed by atoms with Gasteiger partial charge in [0, 0.05) is 39.3 Å². The first-order valence-corrected chi connectivity index (χ1v) is 12.6. The van der Waals surface area contributed by atoms with E-state index in [0.29, 0.717) is 13.1 Å². The highest BCUT2D eigenvalue weighted by molar-refractivity contribution is 4.92. The molecule has 0 bridgehead atoms. The van der Waals surface area contributed by atoms with Gasteiger partial charge in [0.2, 0.25) is 0 Å². The molecule has 0 aliphatic heterocycles. The number of rotatable bonds is 22. The van der Waals surface area contributed by atoms with Crippen LogP contribution in [0.15, 0.2) is 48.6 Å². The largest absolute Gasteiger partial charge is 0.392 e. The lowest BCUT2D eigenvalue weighted by molar-refractivity contribution is 0.156. The van der Waals surface area contributed by atoms with Crippen LogP contribution in [0.25, 0.3) is 0 Å². The maximum Gasteiger partial charge on any atom is 0.0664 e. The summed E-state index contributed by atoms with van der Waals surface area (Å²) in [4.78, 5) is 2.27. The van der Waals surface area contributed by atoms with Crippen LogP contribution < -0.4 is 10.6 Å². The van der Waals surface area contributed by atoms with Gasteiger partial charge in [-0.3, -0.25) is 0 Å². The van der Waals surface area contributed by atoms with Crippen LogP contribution in [0, 0.1) is 0 Å². The van der Waals surface area contributed by atoms with Gasteiger partial charge in [0.1, 0.15) is 0 Å². The molecule has 0 fully saturated rings. The number of aliphatic hydroxyl groups excluding tert-OH is 2. The second-order valence-electron chi connectivity index (χ2n) is 8.43. The van der Waals surface area contributed by atoms with Crippen molar-refractivity contribution in [2.75, 3.05) is 46.3 Å². The third-order valence-corrected chi connectivity index (χ3v) is 5.27. The first-order valence-electron chi connectivity index (χ1n) is 12.6. The molecule has 5 nitrogen and oxygen atoms in total. The maximum absolute atomic E-state index is 10.1. The van der Waals surface area contributed by atoms with Crippen molar-refractivity contribution < 1.29 is 10.2 Å². The highest BCUT2D eigenvalue weighted by Gasteiger charge is 2.05. The third kappa shape index (κ3) is 23.4. The van der Waals surface area contributed by atoms with Crippen LogP contribution in [0.3, 0.4) is 0 Å². The van der Waals surface area contributed by atoms with Gasteiger partial charge in [-0.05, 0) is 72.3 Å². The molecular weight excluding hydrogens is 398 g/mol. The first kappa shape index (κ1) is 30.8. The lowest BCUT2D eigenvalue weighted by atomic mass is 10.1. The molecule has 0 spiro atoms. The minimum atomic E-state index is -0.268. The van der Waals surface area contributed by atoms with Crippen LogP contribution in [0.2, 0.25) is 0 Å². The van der Waals surface area contributed by atoms with Crippen molar-refractivity contribution in [3.63, 3.8) is 0 Å². The fourth-order valence-electron chi connectivity index (χ4n) is 3.19. The van der Waals surface area contributed by atoms with Crippen LogP contribution >= 0.6 is 0 Å². The standard InChI is InChI=1S/C27H51N3O2/c1-4-6-8-10-12-14-16-18-26(31)24-28-20-22-30(3)23-21-29-25-27(32)19-17-15-13-11-9-7-5-2/h4-7,10-13,26-29,31-32H,8-9,14-25H2,1-3H3/b6-4-,7-5-,12-10-,13-11-. The van der Waals surface area contributed by atoms with Crippen LogP contribution in [0.1, 0.15) is 65.2 Å². The van der Waals surface area contributed by atoms with Crippen LogP contribution in [0.4, 0.5) is 0 Å². The highest BCUT2D eigenvalue weighted by Crippen LogP contribution is 2.03.